The van der Waals surface area contributed by atoms with Crippen LogP contribution in [0.2, 0.25) is 0 Å². The van der Waals surface area contributed by atoms with Crippen molar-refractivity contribution < 1.29 is 17.9 Å². The number of allylic oxidation sites excluding steroid dienone is 2. The SMILES string of the molecule is COCC1=C[CH]CC=C1C(F)(F)F. The summed E-state index contributed by atoms with van der Waals surface area (Å²) in [5.74, 6) is 0. The highest BCUT2D eigenvalue weighted by molar-refractivity contribution is 5.40. The third-order valence-corrected chi connectivity index (χ3v) is 1.73. The van der Waals surface area contributed by atoms with Crippen molar-refractivity contribution in [2.75, 3.05) is 13.7 Å². The van der Waals surface area contributed by atoms with Gasteiger partial charge in [0, 0.05) is 7.11 Å². The zero-order chi connectivity index (χ0) is 9.90. The molecule has 0 N–H and O–H groups in total. The Hall–Kier alpha value is -0.770. The van der Waals surface area contributed by atoms with Gasteiger partial charge in [0.2, 0.25) is 0 Å². The van der Waals surface area contributed by atoms with E-state index in [0.717, 1.165) is 0 Å². The summed E-state index contributed by atoms with van der Waals surface area (Å²) in [7, 11) is 1.38. The maximum absolute atomic E-state index is 12.3. The van der Waals surface area contributed by atoms with Crippen LogP contribution in [0.25, 0.3) is 0 Å². The van der Waals surface area contributed by atoms with Crippen LogP contribution >= 0.6 is 0 Å². The number of hydrogen-bond donors (Lipinski definition) is 0. The van der Waals surface area contributed by atoms with E-state index in [1.165, 1.54) is 19.3 Å². The molecule has 13 heavy (non-hydrogen) atoms. The van der Waals surface area contributed by atoms with Crippen LogP contribution < -0.4 is 0 Å². The molecule has 0 saturated carbocycles. The van der Waals surface area contributed by atoms with Crippen molar-refractivity contribution in [3.63, 3.8) is 0 Å². The molecule has 1 aliphatic carbocycles. The number of rotatable bonds is 2. The second kappa shape index (κ2) is 3.96. The molecule has 4 heteroatoms. The van der Waals surface area contributed by atoms with Crippen molar-refractivity contribution in [1.29, 1.82) is 0 Å². The molecular formula is C9H10F3O. The van der Waals surface area contributed by atoms with Crippen LogP contribution in [-0.4, -0.2) is 19.9 Å². The Balaban J connectivity index is 2.81. The monoisotopic (exact) mass is 191 g/mol. The highest BCUT2D eigenvalue weighted by Crippen LogP contribution is 2.33. The molecule has 1 aliphatic rings. The van der Waals surface area contributed by atoms with E-state index in [1.54, 1.807) is 6.42 Å². The highest BCUT2D eigenvalue weighted by atomic mass is 19.4. The van der Waals surface area contributed by atoms with Crippen molar-refractivity contribution >= 4 is 0 Å². The summed E-state index contributed by atoms with van der Waals surface area (Å²) in [6.07, 6.45) is 0.394. The minimum atomic E-state index is -4.27. The number of halogens is 3. The molecule has 0 atom stereocenters. The molecule has 0 aromatic rings. The molecule has 0 unspecified atom stereocenters. The topological polar surface area (TPSA) is 9.23 Å². The molecule has 0 aromatic carbocycles. The largest absolute Gasteiger partial charge is 0.416 e. The van der Waals surface area contributed by atoms with Gasteiger partial charge in [-0.25, -0.2) is 0 Å². The fourth-order valence-corrected chi connectivity index (χ4v) is 1.20. The second-order valence-corrected chi connectivity index (χ2v) is 2.71. The predicted molar refractivity (Wildman–Crippen MR) is 43.0 cm³/mol. The van der Waals surface area contributed by atoms with Crippen molar-refractivity contribution in [3.05, 3.63) is 29.7 Å². The van der Waals surface area contributed by atoms with E-state index in [4.69, 9.17) is 0 Å². The highest BCUT2D eigenvalue weighted by Gasteiger charge is 2.36. The van der Waals surface area contributed by atoms with E-state index in [-0.39, 0.29) is 12.2 Å². The van der Waals surface area contributed by atoms with Crippen LogP contribution in [0.15, 0.2) is 23.3 Å². The minimum absolute atomic E-state index is 0.00183. The third kappa shape index (κ3) is 2.59. The first-order valence-corrected chi connectivity index (χ1v) is 3.84. The zero-order valence-corrected chi connectivity index (χ0v) is 7.19. The van der Waals surface area contributed by atoms with E-state index >= 15 is 0 Å². The van der Waals surface area contributed by atoms with Gasteiger partial charge in [-0.3, -0.25) is 0 Å². The first-order chi connectivity index (χ1) is 6.05. The van der Waals surface area contributed by atoms with Crippen molar-refractivity contribution in [2.24, 2.45) is 0 Å². The summed E-state index contributed by atoms with van der Waals surface area (Å²) >= 11 is 0. The van der Waals surface area contributed by atoms with Gasteiger partial charge in [-0.2, -0.15) is 13.2 Å². The van der Waals surface area contributed by atoms with Gasteiger partial charge in [0.05, 0.1) is 12.2 Å². The van der Waals surface area contributed by atoms with Gasteiger partial charge < -0.3 is 4.74 Å². The molecule has 0 bridgehead atoms. The van der Waals surface area contributed by atoms with Crippen LogP contribution in [-0.2, 0) is 4.74 Å². The number of methoxy groups -OCH3 is 1. The molecule has 0 saturated heterocycles. The quantitative estimate of drug-likeness (QED) is 0.652. The zero-order valence-electron chi connectivity index (χ0n) is 7.19. The lowest BCUT2D eigenvalue weighted by Gasteiger charge is -2.17. The van der Waals surface area contributed by atoms with Crippen LogP contribution in [0.3, 0.4) is 0 Å². The van der Waals surface area contributed by atoms with E-state index in [9.17, 15) is 13.2 Å². The Kier molecular flexibility index (Phi) is 3.14. The Morgan fingerprint density at radius 3 is 2.69 bits per heavy atom. The third-order valence-electron chi connectivity index (χ3n) is 1.73. The van der Waals surface area contributed by atoms with Crippen LogP contribution in [0.4, 0.5) is 13.2 Å². The second-order valence-electron chi connectivity index (χ2n) is 2.71. The molecule has 0 heterocycles. The first kappa shape index (κ1) is 10.3. The molecule has 0 aliphatic heterocycles. The maximum atomic E-state index is 12.3. The standard InChI is InChI=1S/C9H10F3O/c1-13-6-7-4-2-3-5-8(7)9(10,11)12/h2,4-5H,3,6H2,1H3. The van der Waals surface area contributed by atoms with Crippen LogP contribution in [0, 0.1) is 6.42 Å². The number of alkyl halides is 3. The summed E-state index contributed by atoms with van der Waals surface area (Å²) < 4.78 is 41.7. The lowest BCUT2D eigenvalue weighted by molar-refractivity contribution is -0.0905. The van der Waals surface area contributed by atoms with E-state index in [1.807, 2.05) is 0 Å². The molecule has 73 valence electrons. The molecule has 1 rings (SSSR count). The molecule has 0 spiro atoms. The van der Waals surface area contributed by atoms with E-state index < -0.39 is 11.7 Å². The van der Waals surface area contributed by atoms with E-state index in [0.29, 0.717) is 6.42 Å². The molecule has 1 nitrogen and oxygen atoms in total. The summed E-state index contributed by atoms with van der Waals surface area (Å²) in [5, 5.41) is 0. The Bertz CT molecular complexity index is 238. The van der Waals surface area contributed by atoms with Gasteiger partial charge in [-0.05, 0) is 18.4 Å². The molecule has 0 aromatic heterocycles. The summed E-state index contributed by atoms with van der Waals surface area (Å²) in [6.45, 7) is 0.00183. The molecule has 1 radical (unpaired) electrons. The van der Waals surface area contributed by atoms with Gasteiger partial charge in [-0.1, -0.05) is 12.2 Å². The van der Waals surface area contributed by atoms with Crippen LogP contribution in [0.5, 0.6) is 0 Å². The van der Waals surface area contributed by atoms with Gasteiger partial charge in [0.25, 0.3) is 0 Å². The summed E-state index contributed by atoms with van der Waals surface area (Å²) in [4.78, 5) is 0. The molecular weight excluding hydrogens is 181 g/mol. The fourth-order valence-electron chi connectivity index (χ4n) is 1.20. The Morgan fingerprint density at radius 1 is 1.46 bits per heavy atom. The average Bonchev–Trinajstić information content (AvgIpc) is 2.04. The smallest absolute Gasteiger partial charge is 0.380 e. The van der Waals surface area contributed by atoms with Gasteiger partial charge in [0.1, 0.15) is 0 Å². The van der Waals surface area contributed by atoms with Crippen LogP contribution in [0.1, 0.15) is 6.42 Å². The average molecular weight is 191 g/mol. The summed E-state index contributed by atoms with van der Waals surface area (Å²) in [5.41, 5.74) is -0.377. The lowest BCUT2D eigenvalue weighted by atomic mass is 9.98. The molecule has 0 fully saturated rings. The van der Waals surface area contributed by atoms with Crippen molar-refractivity contribution in [2.45, 2.75) is 12.6 Å². The normalized spacial score (nSPS) is 18.2. The minimum Gasteiger partial charge on any atom is -0.380 e. The predicted octanol–water partition coefficient (Wildman–Crippen LogP) is 2.66. The van der Waals surface area contributed by atoms with Gasteiger partial charge >= 0.3 is 6.18 Å². The maximum Gasteiger partial charge on any atom is 0.416 e. The van der Waals surface area contributed by atoms with E-state index in [2.05, 4.69) is 4.74 Å². The fraction of sp³-hybridized carbons (Fsp3) is 0.444. The molecule has 0 amide bonds. The van der Waals surface area contributed by atoms with Gasteiger partial charge in [0.15, 0.2) is 0 Å². The first-order valence-electron chi connectivity index (χ1n) is 3.84. The number of hydrogen-bond acceptors (Lipinski definition) is 1. The number of ether oxygens (including phenoxy) is 1. The van der Waals surface area contributed by atoms with Gasteiger partial charge in [-0.15, -0.1) is 0 Å². The lowest BCUT2D eigenvalue weighted by Crippen LogP contribution is -2.18. The Labute approximate surface area is 74.9 Å². The summed E-state index contributed by atoms with van der Waals surface area (Å²) in [6, 6.07) is 0. The van der Waals surface area contributed by atoms with Crippen molar-refractivity contribution in [3.8, 4) is 0 Å². The Morgan fingerprint density at radius 2 is 2.15 bits per heavy atom. The van der Waals surface area contributed by atoms with Crippen molar-refractivity contribution in [1.82, 2.24) is 0 Å².